The van der Waals surface area contributed by atoms with Gasteiger partial charge in [0, 0.05) is 30.9 Å². The van der Waals surface area contributed by atoms with E-state index >= 15 is 0 Å². The molecule has 0 radical (unpaired) electrons. The highest BCUT2D eigenvalue weighted by Gasteiger charge is 2.31. The lowest BCUT2D eigenvalue weighted by Gasteiger charge is -2.27. The topological polar surface area (TPSA) is 71.5 Å². The molecule has 1 fully saturated rings. The second kappa shape index (κ2) is 8.02. The molecule has 0 aliphatic heterocycles. The minimum Gasteiger partial charge on any atom is -0.388 e. The van der Waals surface area contributed by atoms with Crippen LogP contribution in [-0.4, -0.2) is 35.1 Å². The Hall–Kier alpha value is -1.56. The lowest BCUT2D eigenvalue weighted by molar-refractivity contribution is -0.118. The van der Waals surface area contributed by atoms with E-state index < -0.39 is 6.10 Å². The maximum atomic E-state index is 12.2. The van der Waals surface area contributed by atoms with Gasteiger partial charge in [0.15, 0.2) is 5.78 Å². The summed E-state index contributed by atoms with van der Waals surface area (Å²) in [6.07, 6.45) is 6.28. The van der Waals surface area contributed by atoms with Crippen LogP contribution in [0.1, 0.15) is 37.7 Å². The predicted octanol–water partition coefficient (Wildman–Crippen LogP) is 1.75. The van der Waals surface area contributed by atoms with E-state index in [1.165, 1.54) is 0 Å². The van der Waals surface area contributed by atoms with Crippen LogP contribution in [0.2, 0.25) is 0 Å². The molecule has 0 saturated heterocycles. The maximum absolute atomic E-state index is 12.2. The number of hydroxylamine groups is 1. The van der Waals surface area contributed by atoms with E-state index in [-0.39, 0.29) is 11.7 Å². The number of hydrogen-bond donors (Lipinski definition) is 2. The highest BCUT2D eigenvalue weighted by atomic mass is 16.6. The minimum absolute atomic E-state index is 0.0269. The van der Waals surface area contributed by atoms with Crippen LogP contribution in [0.5, 0.6) is 0 Å². The normalized spacial score (nSPS) is 24.5. The van der Waals surface area contributed by atoms with Gasteiger partial charge in [0.05, 0.1) is 12.7 Å². The van der Waals surface area contributed by atoms with E-state index in [1.807, 2.05) is 25.1 Å². The summed E-state index contributed by atoms with van der Waals surface area (Å²) in [6, 6.07) is 3.81. The number of aliphatic hydroxyl groups is 1. The van der Waals surface area contributed by atoms with E-state index in [1.54, 1.807) is 12.4 Å². The van der Waals surface area contributed by atoms with Gasteiger partial charge in [-0.2, -0.15) is 0 Å². The van der Waals surface area contributed by atoms with Crippen LogP contribution in [0, 0.1) is 0 Å². The zero-order valence-corrected chi connectivity index (χ0v) is 12.3. The monoisotopic (exact) mass is 290 g/mol. The van der Waals surface area contributed by atoms with Crippen LogP contribution in [0.4, 0.5) is 0 Å². The summed E-state index contributed by atoms with van der Waals surface area (Å²) < 4.78 is 0. The van der Waals surface area contributed by atoms with Crippen LogP contribution in [-0.2, 0) is 9.63 Å². The molecule has 1 aliphatic carbocycles. The Bertz CT molecular complexity index is 488. The summed E-state index contributed by atoms with van der Waals surface area (Å²) in [4.78, 5) is 21.3. The number of aliphatic hydroxyl groups excluding tert-OH is 1. The third kappa shape index (κ3) is 4.46. The highest BCUT2D eigenvalue weighted by Crippen LogP contribution is 2.33. The van der Waals surface area contributed by atoms with Gasteiger partial charge in [0.2, 0.25) is 0 Å². The average molecular weight is 290 g/mol. The first-order valence-corrected chi connectivity index (χ1v) is 7.38. The number of carbonyl (C=O) groups excluding carboxylic acids is 1. The lowest BCUT2D eigenvalue weighted by atomic mass is 9.79. The first-order chi connectivity index (χ1) is 10.2. The van der Waals surface area contributed by atoms with Gasteiger partial charge in [0.1, 0.15) is 0 Å². The van der Waals surface area contributed by atoms with Gasteiger partial charge in [-0.15, -0.1) is 0 Å². The fraction of sp³-hybridized carbons (Fsp3) is 0.500. The number of ketones is 1. The Kier molecular flexibility index (Phi) is 6.04. The maximum Gasteiger partial charge on any atom is 0.161 e. The molecule has 0 bridgehead atoms. The molecule has 1 aromatic rings. The van der Waals surface area contributed by atoms with Gasteiger partial charge < -0.3 is 9.94 Å². The smallest absolute Gasteiger partial charge is 0.161 e. The molecule has 1 heterocycles. The molecule has 5 heteroatoms. The molecule has 1 aliphatic rings. The fourth-order valence-electron chi connectivity index (χ4n) is 2.59. The van der Waals surface area contributed by atoms with Crippen molar-refractivity contribution in [3.05, 3.63) is 41.7 Å². The van der Waals surface area contributed by atoms with Crippen molar-refractivity contribution in [2.75, 3.05) is 13.2 Å². The molecular formula is C16H22N2O3. The molecule has 0 spiro atoms. The Labute approximate surface area is 125 Å². The number of hydrogen-bond acceptors (Lipinski definition) is 5. The summed E-state index contributed by atoms with van der Waals surface area (Å²) in [7, 11) is 0. The molecule has 114 valence electrons. The third-order valence-electron chi connectivity index (χ3n) is 3.63. The average Bonchev–Trinajstić information content (AvgIpc) is 2.50. The first kappa shape index (κ1) is 15.8. The van der Waals surface area contributed by atoms with Crippen LogP contribution >= 0.6 is 0 Å². The third-order valence-corrected chi connectivity index (χ3v) is 3.63. The number of nitrogens with zero attached hydrogens (tertiary/aromatic N) is 1. The molecule has 2 N–H and O–H groups in total. The Morgan fingerprint density at radius 2 is 2.43 bits per heavy atom. The van der Waals surface area contributed by atoms with Crippen molar-refractivity contribution >= 4 is 5.78 Å². The molecule has 1 saturated carbocycles. The molecule has 1 aromatic heterocycles. The van der Waals surface area contributed by atoms with Gasteiger partial charge in [0.25, 0.3) is 0 Å². The minimum atomic E-state index is -0.691. The molecule has 2 rings (SSSR count). The summed E-state index contributed by atoms with van der Waals surface area (Å²) in [5, 5.41) is 10.2. The second-order valence-electron chi connectivity index (χ2n) is 5.14. The van der Waals surface area contributed by atoms with E-state index in [9.17, 15) is 9.90 Å². The zero-order chi connectivity index (χ0) is 15.1. The Morgan fingerprint density at radius 1 is 1.57 bits per heavy atom. The molecule has 0 amide bonds. The van der Waals surface area contributed by atoms with E-state index in [0.717, 1.165) is 5.56 Å². The zero-order valence-electron chi connectivity index (χ0n) is 12.3. The van der Waals surface area contributed by atoms with Gasteiger partial charge >= 0.3 is 0 Å². The van der Waals surface area contributed by atoms with Gasteiger partial charge in [-0.25, -0.2) is 5.48 Å². The van der Waals surface area contributed by atoms with E-state index in [4.69, 9.17) is 4.84 Å². The number of aromatic nitrogens is 1. The molecular weight excluding hydrogens is 268 g/mol. The number of nitrogens with one attached hydrogen (secondary N) is 1. The number of Topliss-reactive ketones (excluding diaryl/α,β-unsaturated/α-hetero) is 1. The summed E-state index contributed by atoms with van der Waals surface area (Å²) in [5.74, 6) is 0.0823. The van der Waals surface area contributed by atoms with Crippen LogP contribution in [0.25, 0.3) is 0 Å². The van der Waals surface area contributed by atoms with Crippen LogP contribution in [0.3, 0.4) is 0 Å². The van der Waals surface area contributed by atoms with Crippen molar-refractivity contribution < 1.29 is 14.7 Å². The Balaban J connectivity index is 1.93. The summed E-state index contributed by atoms with van der Waals surface area (Å²) >= 11 is 0. The lowest BCUT2D eigenvalue weighted by Crippen LogP contribution is -2.29. The fourth-order valence-corrected chi connectivity index (χ4v) is 2.59. The van der Waals surface area contributed by atoms with Crippen molar-refractivity contribution in [1.82, 2.24) is 10.5 Å². The molecule has 2 unspecified atom stereocenters. The predicted molar refractivity (Wildman–Crippen MR) is 79.6 cm³/mol. The van der Waals surface area contributed by atoms with Crippen molar-refractivity contribution in [2.45, 2.75) is 38.2 Å². The van der Waals surface area contributed by atoms with Crippen molar-refractivity contribution in [1.29, 1.82) is 0 Å². The van der Waals surface area contributed by atoms with Gasteiger partial charge in [-0.05, 0) is 37.3 Å². The SMILES string of the molecule is CCONCCC=C1C(=O)CC(c2cccnc2)CC1O. The van der Waals surface area contributed by atoms with Gasteiger partial charge in [-0.3, -0.25) is 9.78 Å². The Morgan fingerprint density at radius 3 is 3.10 bits per heavy atom. The second-order valence-corrected chi connectivity index (χ2v) is 5.14. The quantitative estimate of drug-likeness (QED) is 0.474. The summed E-state index contributed by atoms with van der Waals surface area (Å²) in [6.45, 7) is 3.13. The number of carbonyl (C=O) groups is 1. The van der Waals surface area contributed by atoms with E-state index in [2.05, 4.69) is 10.5 Å². The van der Waals surface area contributed by atoms with Crippen LogP contribution in [0.15, 0.2) is 36.2 Å². The van der Waals surface area contributed by atoms with Crippen molar-refractivity contribution in [2.24, 2.45) is 0 Å². The number of pyridine rings is 1. The van der Waals surface area contributed by atoms with Crippen molar-refractivity contribution in [3.63, 3.8) is 0 Å². The standard InChI is InChI=1S/C16H22N2O3/c1-2-21-18-8-4-6-14-15(19)9-13(10-16(14)20)12-5-3-7-17-11-12/h3,5-7,11,13,15,18-19H,2,4,8-10H2,1H3. The number of rotatable bonds is 6. The molecule has 5 nitrogen and oxygen atoms in total. The van der Waals surface area contributed by atoms with Gasteiger partial charge in [-0.1, -0.05) is 12.1 Å². The highest BCUT2D eigenvalue weighted by molar-refractivity contribution is 5.97. The molecule has 0 aromatic carbocycles. The van der Waals surface area contributed by atoms with Crippen molar-refractivity contribution in [3.8, 4) is 0 Å². The molecule has 21 heavy (non-hydrogen) atoms. The first-order valence-electron chi connectivity index (χ1n) is 7.38. The van der Waals surface area contributed by atoms with Crippen LogP contribution < -0.4 is 5.48 Å². The molecule has 2 atom stereocenters. The van der Waals surface area contributed by atoms with E-state index in [0.29, 0.717) is 38.0 Å². The summed E-state index contributed by atoms with van der Waals surface area (Å²) in [5.41, 5.74) is 4.34. The largest absolute Gasteiger partial charge is 0.388 e.